The summed E-state index contributed by atoms with van der Waals surface area (Å²) in [5.41, 5.74) is 10.8. The zero-order valence-corrected chi connectivity index (χ0v) is 24.0. The zero-order valence-electron chi connectivity index (χ0n) is 24.0. The summed E-state index contributed by atoms with van der Waals surface area (Å²) in [6.07, 6.45) is 8.32. The Morgan fingerprint density at radius 1 is 1.17 bits per heavy atom. The van der Waals surface area contributed by atoms with Crippen molar-refractivity contribution in [3.05, 3.63) is 60.3 Å². The minimum Gasteiger partial charge on any atom is -0.348 e. The van der Waals surface area contributed by atoms with Gasteiger partial charge in [0.25, 0.3) is 5.91 Å². The molecule has 3 aromatic heterocycles. The first-order valence-corrected chi connectivity index (χ1v) is 14.4. The van der Waals surface area contributed by atoms with Gasteiger partial charge < -0.3 is 30.0 Å². The lowest BCUT2D eigenvalue weighted by molar-refractivity contribution is -0.117. The van der Waals surface area contributed by atoms with Gasteiger partial charge in [0.2, 0.25) is 5.91 Å². The van der Waals surface area contributed by atoms with Crippen molar-refractivity contribution in [3.8, 4) is 11.5 Å². The average molecular weight is 555 g/mol. The van der Waals surface area contributed by atoms with Crippen molar-refractivity contribution >= 4 is 33.9 Å². The highest BCUT2D eigenvalue weighted by molar-refractivity contribution is 5.98. The van der Waals surface area contributed by atoms with Gasteiger partial charge in [0.1, 0.15) is 5.65 Å². The number of amides is 2. The molecule has 3 N–H and O–H groups in total. The van der Waals surface area contributed by atoms with E-state index >= 15 is 0 Å². The number of imidazole rings is 1. The van der Waals surface area contributed by atoms with Gasteiger partial charge in [-0.25, -0.2) is 9.97 Å². The van der Waals surface area contributed by atoms with E-state index in [-0.39, 0.29) is 23.9 Å². The van der Waals surface area contributed by atoms with Crippen LogP contribution in [-0.4, -0.2) is 86.5 Å². The number of rotatable bonds is 8. The number of benzene rings is 1. The van der Waals surface area contributed by atoms with Crippen LogP contribution in [-0.2, 0) is 18.4 Å². The molecule has 0 radical (unpaired) electrons. The molecule has 0 bridgehead atoms. The predicted octanol–water partition coefficient (Wildman–Crippen LogP) is 2.78. The summed E-state index contributed by atoms with van der Waals surface area (Å²) in [4.78, 5) is 39.2. The Morgan fingerprint density at radius 3 is 2.76 bits per heavy atom. The van der Waals surface area contributed by atoms with Crippen LogP contribution in [0.5, 0.6) is 0 Å². The molecule has 2 aliphatic rings. The molecule has 1 saturated carbocycles. The molecule has 0 spiro atoms. The second kappa shape index (κ2) is 11.1. The predicted molar refractivity (Wildman–Crippen MR) is 160 cm³/mol. The van der Waals surface area contributed by atoms with E-state index in [0.717, 1.165) is 40.1 Å². The lowest BCUT2D eigenvalue weighted by atomic mass is 9.99. The first-order chi connectivity index (χ1) is 19.8. The molecule has 6 rings (SSSR count). The number of pyridine rings is 1. The van der Waals surface area contributed by atoms with Crippen LogP contribution in [0.2, 0.25) is 0 Å². The fourth-order valence-electron chi connectivity index (χ4n) is 5.71. The third-order valence-corrected chi connectivity index (χ3v) is 8.16. The molecule has 0 unspecified atom stereocenters. The number of likely N-dealkylation sites (N-methyl/N-ethyl adjacent to an activating group) is 1. The number of nitrogens with one attached hydrogen (secondary N) is 1. The van der Waals surface area contributed by atoms with Gasteiger partial charge in [0.05, 0.1) is 16.7 Å². The molecule has 2 atom stereocenters. The van der Waals surface area contributed by atoms with Crippen molar-refractivity contribution in [1.82, 2.24) is 34.2 Å². The summed E-state index contributed by atoms with van der Waals surface area (Å²) in [6, 6.07) is 11.4. The van der Waals surface area contributed by atoms with Crippen LogP contribution < -0.4 is 11.1 Å². The Hall–Kier alpha value is -4.02. The van der Waals surface area contributed by atoms with Gasteiger partial charge in [-0.1, -0.05) is 6.08 Å². The van der Waals surface area contributed by atoms with Crippen molar-refractivity contribution in [2.75, 3.05) is 33.7 Å². The lowest BCUT2D eigenvalue weighted by Gasteiger charge is -2.37. The number of fused-ring (bicyclic) bond motifs is 2. The Bertz CT molecular complexity index is 1630. The maximum Gasteiger partial charge on any atom is 0.253 e. The molecule has 1 aliphatic carbocycles. The van der Waals surface area contributed by atoms with E-state index in [1.807, 2.05) is 62.6 Å². The van der Waals surface area contributed by atoms with Crippen molar-refractivity contribution in [2.24, 2.45) is 18.7 Å². The van der Waals surface area contributed by atoms with Crippen molar-refractivity contribution in [3.63, 3.8) is 0 Å². The summed E-state index contributed by atoms with van der Waals surface area (Å²) in [6.45, 7) is 2.53. The van der Waals surface area contributed by atoms with E-state index in [0.29, 0.717) is 37.5 Å². The topological polar surface area (TPSA) is 114 Å². The Balaban J connectivity index is 1.19. The third kappa shape index (κ3) is 5.62. The van der Waals surface area contributed by atoms with Crippen molar-refractivity contribution in [2.45, 2.75) is 37.9 Å². The molecule has 41 heavy (non-hydrogen) atoms. The van der Waals surface area contributed by atoms with E-state index in [4.69, 9.17) is 10.7 Å². The third-order valence-electron chi connectivity index (χ3n) is 8.16. The van der Waals surface area contributed by atoms with Gasteiger partial charge in [0.15, 0.2) is 5.82 Å². The molecule has 1 aliphatic heterocycles. The number of aryl methyl sites for hydroxylation is 1. The molecule has 1 saturated heterocycles. The number of carbonyl (C=O) groups is 2. The highest BCUT2D eigenvalue weighted by Gasteiger charge is 2.31. The highest BCUT2D eigenvalue weighted by atomic mass is 16.2. The first kappa shape index (κ1) is 27.2. The second-order valence-corrected chi connectivity index (χ2v) is 11.7. The summed E-state index contributed by atoms with van der Waals surface area (Å²) in [5, 5.41) is 4.10. The standard InChI is InChI=1S/C31H38N8O2/c1-36(2)14-5-7-28(40)34-24-12-15-38(19-23(24)32)31(41)22-10-11-26-25(16-22)35-30(37(26)3)27-17-21-6-4-13-33-29(21)39(27)18-20-8-9-20/h4-7,10-11,13,16-17,20,23-24H,8-9,12,14-15,18-19,32H2,1-3H3,(H,34,40)/b7-5+/t23-,24+/m1/s1. The van der Waals surface area contributed by atoms with Crippen LogP contribution in [0.4, 0.5) is 0 Å². The minimum atomic E-state index is -0.342. The maximum atomic E-state index is 13.5. The van der Waals surface area contributed by atoms with Crippen molar-refractivity contribution < 1.29 is 9.59 Å². The second-order valence-electron chi connectivity index (χ2n) is 11.7. The Kier molecular flexibility index (Phi) is 7.35. The van der Waals surface area contributed by atoms with Gasteiger partial charge in [-0.2, -0.15) is 0 Å². The molecule has 4 aromatic rings. The van der Waals surface area contributed by atoms with Crippen molar-refractivity contribution in [1.29, 1.82) is 0 Å². The average Bonchev–Trinajstić information content (AvgIpc) is 3.62. The molecule has 4 heterocycles. The van der Waals surface area contributed by atoms with Crippen LogP contribution >= 0.6 is 0 Å². The van der Waals surface area contributed by atoms with Gasteiger partial charge in [-0.3, -0.25) is 9.59 Å². The van der Waals surface area contributed by atoms with E-state index in [1.54, 1.807) is 11.0 Å². The van der Waals surface area contributed by atoms with Crippen LogP contribution in [0.25, 0.3) is 33.6 Å². The number of likely N-dealkylation sites (tertiary alicyclic amines) is 1. The number of aromatic nitrogens is 4. The monoisotopic (exact) mass is 554 g/mol. The largest absolute Gasteiger partial charge is 0.348 e. The zero-order chi connectivity index (χ0) is 28.7. The number of nitrogens with zero attached hydrogens (tertiary/aromatic N) is 6. The molecule has 2 fully saturated rings. The molecular weight excluding hydrogens is 516 g/mol. The Labute approximate surface area is 239 Å². The molecule has 2 amide bonds. The smallest absolute Gasteiger partial charge is 0.253 e. The van der Waals surface area contributed by atoms with E-state index in [2.05, 4.69) is 31.6 Å². The Morgan fingerprint density at radius 2 is 2.00 bits per heavy atom. The highest BCUT2D eigenvalue weighted by Crippen LogP contribution is 2.36. The quantitative estimate of drug-likeness (QED) is 0.324. The SMILES string of the molecule is CN(C)C/C=C/C(=O)N[C@H]1CCN(C(=O)c2ccc3c(c2)nc(-c2cc4cccnc4n2CC2CC2)n3C)C[C@H]1N. The van der Waals surface area contributed by atoms with Crippen LogP contribution in [0.1, 0.15) is 29.6 Å². The van der Waals surface area contributed by atoms with Crippen LogP contribution in [0, 0.1) is 5.92 Å². The number of hydrogen-bond donors (Lipinski definition) is 2. The number of hydrogen-bond acceptors (Lipinski definition) is 6. The van der Waals surface area contributed by atoms with E-state index in [9.17, 15) is 9.59 Å². The number of carbonyl (C=O) groups excluding carboxylic acids is 2. The summed E-state index contributed by atoms with van der Waals surface area (Å²) < 4.78 is 4.39. The summed E-state index contributed by atoms with van der Waals surface area (Å²) in [7, 11) is 5.92. The molecule has 214 valence electrons. The normalized spacial score (nSPS) is 19.6. The fourth-order valence-corrected chi connectivity index (χ4v) is 5.71. The molecule has 10 nitrogen and oxygen atoms in total. The minimum absolute atomic E-state index is 0.0720. The number of nitrogens with two attached hydrogens (primary N) is 1. The first-order valence-electron chi connectivity index (χ1n) is 14.4. The number of piperidine rings is 1. The van der Waals surface area contributed by atoms with E-state index < -0.39 is 0 Å². The molecule has 10 heteroatoms. The van der Waals surface area contributed by atoms with Crippen LogP contribution in [0.3, 0.4) is 0 Å². The molecular formula is C31H38N8O2. The van der Waals surface area contributed by atoms with E-state index in [1.165, 1.54) is 12.8 Å². The molecule has 1 aromatic carbocycles. The maximum absolute atomic E-state index is 13.5. The van der Waals surface area contributed by atoms with Gasteiger partial charge in [-0.15, -0.1) is 0 Å². The fraction of sp³-hybridized carbons (Fsp3) is 0.419. The van der Waals surface area contributed by atoms with Gasteiger partial charge in [-0.05, 0) is 75.7 Å². The summed E-state index contributed by atoms with van der Waals surface area (Å²) in [5.74, 6) is 1.32. The van der Waals surface area contributed by atoms with Gasteiger partial charge >= 0.3 is 0 Å². The summed E-state index contributed by atoms with van der Waals surface area (Å²) >= 11 is 0. The van der Waals surface area contributed by atoms with Crippen LogP contribution in [0.15, 0.2) is 54.7 Å². The lowest BCUT2D eigenvalue weighted by Crippen LogP contribution is -2.58. The van der Waals surface area contributed by atoms with Gasteiger partial charge in [0, 0.05) is 68.5 Å².